The van der Waals surface area contributed by atoms with Gasteiger partial charge in [-0.05, 0) is 26.0 Å². The van der Waals surface area contributed by atoms with E-state index < -0.39 is 15.9 Å². The van der Waals surface area contributed by atoms with Gasteiger partial charge in [-0.15, -0.1) is 0 Å². The summed E-state index contributed by atoms with van der Waals surface area (Å²) in [6.07, 6.45) is 0. The highest BCUT2D eigenvalue weighted by Crippen LogP contribution is 2.31. The first-order chi connectivity index (χ1) is 10.8. The number of methoxy groups -OCH3 is 2. The summed E-state index contributed by atoms with van der Waals surface area (Å²) in [6.45, 7) is 2.92. The zero-order chi connectivity index (χ0) is 17.2. The molecule has 0 aliphatic heterocycles. The smallest absolute Gasteiger partial charge is 0.269 e. The second-order valence-corrected chi connectivity index (χ2v) is 6.25. The van der Waals surface area contributed by atoms with Gasteiger partial charge in [-0.3, -0.25) is 4.79 Å². The van der Waals surface area contributed by atoms with Crippen LogP contribution in [0.15, 0.2) is 27.6 Å². The van der Waals surface area contributed by atoms with Crippen molar-refractivity contribution in [3.8, 4) is 11.5 Å². The standard InChI is InChI=1S/C14H16N2O6S/c1-8-13(9(2)22-15-8)23(18,19)16-14(17)10-6-5-7-11(20-3)12(10)21-4/h5-7H,1-4H3,(H,16,17). The Hall–Kier alpha value is -2.55. The first kappa shape index (κ1) is 16.8. The molecule has 23 heavy (non-hydrogen) atoms. The van der Waals surface area contributed by atoms with Crippen LogP contribution in [0.2, 0.25) is 0 Å². The Morgan fingerprint density at radius 2 is 1.91 bits per heavy atom. The molecule has 1 N–H and O–H groups in total. The molecule has 0 unspecified atom stereocenters. The predicted octanol–water partition coefficient (Wildman–Crippen LogP) is 1.43. The molecule has 1 aromatic carbocycles. The molecule has 0 radical (unpaired) electrons. The van der Waals surface area contributed by atoms with E-state index in [4.69, 9.17) is 14.0 Å². The van der Waals surface area contributed by atoms with Crippen molar-refractivity contribution in [3.05, 3.63) is 35.2 Å². The van der Waals surface area contributed by atoms with Crippen LogP contribution >= 0.6 is 0 Å². The average molecular weight is 340 g/mol. The number of amides is 1. The van der Waals surface area contributed by atoms with Crippen molar-refractivity contribution in [1.82, 2.24) is 9.88 Å². The van der Waals surface area contributed by atoms with Gasteiger partial charge in [-0.1, -0.05) is 11.2 Å². The Bertz CT molecular complexity index is 821. The number of carbonyl (C=O) groups excluding carboxylic acids is 1. The molecule has 2 rings (SSSR count). The normalized spacial score (nSPS) is 11.1. The monoisotopic (exact) mass is 340 g/mol. The fraction of sp³-hybridized carbons (Fsp3) is 0.286. The number of hydrogen-bond donors (Lipinski definition) is 1. The van der Waals surface area contributed by atoms with E-state index in [0.29, 0.717) is 5.75 Å². The SMILES string of the molecule is COc1cccc(C(=O)NS(=O)(=O)c2c(C)noc2C)c1OC. The summed E-state index contributed by atoms with van der Waals surface area (Å²) in [5.74, 6) is -0.294. The van der Waals surface area contributed by atoms with Crippen LogP contribution in [-0.2, 0) is 10.0 Å². The van der Waals surface area contributed by atoms with Crippen molar-refractivity contribution in [2.24, 2.45) is 0 Å². The Morgan fingerprint density at radius 3 is 2.43 bits per heavy atom. The molecule has 0 spiro atoms. The first-order valence-corrected chi connectivity index (χ1v) is 8.01. The molecule has 9 heteroatoms. The summed E-state index contributed by atoms with van der Waals surface area (Å²) in [5.41, 5.74) is 0.197. The lowest BCUT2D eigenvalue weighted by Gasteiger charge is -2.12. The van der Waals surface area contributed by atoms with Gasteiger partial charge in [0.25, 0.3) is 15.9 Å². The van der Waals surface area contributed by atoms with Crippen molar-refractivity contribution in [2.75, 3.05) is 14.2 Å². The molecule has 1 aromatic heterocycles. The van der Waals surface area contributed by atoms with Gasteiger partial charge in [0.1, 0.15) is 5.69 Å². The van der Waals surface area contributed by atoms with Crippen molar-refractivity contribution < 1.29 is 27.2 Å². The predicted molar refractivity (Wildman–Crippen MR) is 80.2 cm³/mol. The summed E-state index contributed by atoms with van der Waals surface area (Å²) in [6, 6.07) is 4.58. The molecule has 124 valence electrons. The number of carbonyl (C=O) groups is 1. The van der Waals surface area contributed by atoms with Crippen LogP contribution in [0.4, 0.5) is 0 Å². The van der Waals surface area contributed by atoms with Gasteiger partial charge in [0.2, 0.25) is 0 Å². The average Bonchev–Trinajstić information content (AvgIpc) is 2.85. The molecule has 0 fully saturated rings. The van der Waals surface area contributed by atoms with E-state index in [9.17, 15) is 13.2 Å². The zero-order valence-electron chi connectivity index (χ0n) is 13.0. The molecular weight excluding hydrogens is 324 g/mol. The molecule has 0 atom stereocenters. The Labute approximate surface area is 133 Å². The van der Waals surface area contributed by atoms with Gasteiger partial charge < -0.3 is 14.0 Å². The van der Waals surface area contributed by atoms with Gasteiger partial charge in [0.05, 0.1) is 19.8 Å². The summed E-state index contributed by atoms with van der Waals surface area (Å²) in [7, 11) is -1.35. The molecule has 1 heterocycles. The number of ether oxygens (including phenoxy) is 2. The van der Waals surface area contributed by atoms with Crippen LogP contribution in [0.1, 0.15) is 21.8 Å². The van der Waals surface area contributed by atoms with Gasteiger partial charge in [-0.25, -0.2) is 13.1 Å². The Morgan fingerprint density at radius 1 is 1.22 bits per heavy atom. The van der Waals surface area contributed by atoms with Gasteiger partial charge in [0.15, 0.2) is 22.2 Å². The van der Waals surface area contributed by atoms with E-state index in [0.717, 1.165) is 0 Å². The van der Waals surface area contributed by atoms with Crippen molar-refractivity contribution >= 4 is 15.9 Å². The Balaban J connectivity index is 2.40. The van der Waals surface area contributed by atoms with Gasteiger partial charge in [-0.2, -0.15) is 0 Å². The molecule has 8 nitrogen and oxygen atoms in total. The molecule has 1 amide bonds. The molecule has 0 saturated carbocycles. The third-order valence-corrected chi connectivity index (χ3v) is 4.69. The molecular formula is C14H16N2O6S. The van der Waals surface area contributed by atoms with Crippen LogP contribution in [0, 0.1) is 13.8 Å². The number of benzene rings is 1. The fourth-order valence-corrected chi connectivity index (χ4v) is 3.45. The third kappa shape index (κ3) is 3.14. The summed E-state index contributed by atoms with van der Waals surface area (Å²) < 4.78 is 41.8. The van der Waals surface area contributed by atoms with E-state index in [1.165, 1.54) is 34.1 Å². The minimum atomic E-state index is -4.12. The summed E-state index contributed by atoms with van der Waals surface area (Å²) in [5, 5.41) is 3.57. The minimum absolute atomic E-state index is 0.0298. The maximum atomic E-state index is 12.4. The molecule has 0 bridgehead atoms. The summed E-state index contributed by atoms with van der Waals surface area (Å²) in [4.78, 5) is 12.2. The first-order valence-electron chi connectivity index (χ1n) is 6.52. The van der Waals surface area contributed by atoms with Crippen molar-refractivity contribution in [3.63, 3.8) is 0 Å². The third-order valence-electron chi connectivity index (χ3n) is 3.11. The van der Waals surface area contributed by atoms with Crippen LogP contribution in [0.25, 0.3) is 0 Å². The van der Waals surface area contributed by atoms with E-state index in [2.05, 4.69) is 5.16 Å². The molecule has 0 saturated heterocycles. The zero-order valence-corrected chi connectivity index (χ0v) is 13.9. The lowest BCUT2D eigenvalue weighted by Crippen LogP contribution is -2.31. The maximum absolute atomic E-state index is 12.4. The number of rotatable bonds is 5. The minimum Gasteiger partial charge on any atom is -0.493 e. The van der Waals surface area contributed by atoms with Crippen LogP contribution < -0.4 is 14.2 Å². The summed E-state index contributed by atoms with van der Waals surface area (Å²) >= 11 is 0. The van der Waals surface area contributed by atoms with E-state index in [1.807, 2.05) is 4.72 Å². The van der Waals surface area contributed by atoms with Crippen LogP contribution in [-0.4, -0.2) is 33.7 Å². The number of nitrogens with one attached hydrogen (secondary N) is 1. The molecule has 0 aliphatic rings. The van der Waals surface area contributed by atoms with E-state index in [-0.39, 0.29) is 27.7 Å². The maximum Gasteiger partial charge on any atom is 0.269 e. The highest BCUT2D eigenvalue weighted by Gasteiger charge is 2.28. The fourth-order valence-electron chi connectivity index (χ4n) is 2.15. The number of aryl methyl sites for hydroxylation is 2. The molecule has 2 aromatic rings. The largest absolute Gasteiger partial charge is 0.493 e. The van der Waals surface area contributed by atoms with Crippen LogP contribution in [0.3, 0.4) is 0 Å². The van der Waals surface area contributed by atoms with E-state index >= 15 is 0 Å². The molecule has 0 aliphatic carbocycles. The number of aromatic nitrogens is 1. The topological polar surface area (TPSA) is 108 Å². The second kappa shape index (κ2) is 6.29. The second-order valence-electron chi connectivity index (χ2n) is 4.63. The highest BCUT2D eigenvalue weighted by molar-refractivity contribution is 7.90. The van der Waals surface area contributed by atoms with Gasteiger partial charge >= 0.3 is 0 Å². The quantitative estimate of drug-likeness (QED) is 0.877. The number of nitrogens with zero attached hydrogens (tertiary/aromatic N) is 1. The lowest BCUT2D eigenvalue weighted by atomic mass is 10.2. The van der Waals surface area contributed by atoms with Crippen molar-refractivity contribution in [2.45, 2.75) is 18.7 Å². The van der Waals surface area contributed by atoms with E-state index in [1.54, 1.807) is 12.1 Å². The number of sulfonamides is 1. The number of hydrogen-bond acceptors (Lipinski definition) is 7. The van der Waals surface area contributed by atoms with Crippen molar-refractivity contribution in [1.29, 1.82) is 0 Å². The lowest BCUT2D eigenvalue weighted by molar-refractivity contribution is 0.0978. The highest BCUT2D eigenvalue weighted by atomic mass is 32.2. The number of para-hydroxylation sites is 1. The van der Waals surface area contributed by atoms with Gasteiger partial charge in [0, 0.05) is 0 Å². The Kier molecular flexibility index (Phi) is 4.60. The van der Waals surface area contributed by atoms with Crippen LogP contribution in [0.5, 0.6) is 11.5 Å².